The van der Waals surface area contributed by atoms with Gasteiger partial charge in [-0.2, -0.15) is 5.10 Å². The van der Waals surface area contributed by atoms with Crippen molar-refractivity contribution in [3.63, 3.8) is 0 Å². The highest BCUT2D eigenvalue weighted by molar-refractivity contribution is 7.20. The molecule has 7 heteroatoms. The van der Waals surface area contributed by atoms with Gasteiger partial charge >= 0.3 is 0 Å². The highest BCUT2D eigenvalue weighted by atomic mass is 32.1. The van der Waals surface area contributed by atoms with Crippen LogP contribution in [0.5, 0.6) is 0 Å². The molecule has 1 amide bonds. The lowest BCUT2D eigenvalue weighted by atomic mass is 9.96. The maximum atomic E-state index is 13.1. The first-order valence-electron chi connectivity index (χ1n) is 11.4. The van der Waals surface area contributed by atoms with E-state index in [1.165, 1.54) is 37.8 Å². The van der Waals surface area contributed by atoms with Gasteiger partial charge in [-0.15, -0.1) is 11.3 Å². The van der Waals surface area contributed by atoms with E-state index in [1.54, 1.807) is 11.3 Å². The number of likely N-dealkylation sites (N-methyl/N-ethyl adjacent to an activating group) is 1. The van der Waals surface area contributed by atoms with Crippen LogP contribution in [0.25, 0.3) is 10.2 Å². The smallest absolute Gasteiger partial charge is 0.265 e. The summed E-state index contributed by atoms with van der Waals surface area (Å²) in [5.74, 6) is -0.0358. The van der Waals surface area contributed by atoms with E-state index >= 15 is 0 Å². The van der Waals surface area contributed by atoms with Crippen LogP contribution in [-0.4, -0.2) is 53.8 Å². The van der Waals surface area contributed by atoms with Gasteiger partial charge in [-0.1, -0.05) is 25.3 Å². The van der Waals surface area contributed by atoms with Crippen LogP contribution in [0.2, 0.25) is 0 Å². The number of hydrogen-bond donors (Lipinski definition) is 1. The van der Waals surface area contributed by atoms with Crippen LogP contribution in [0.4, 0.5) is 11.4 Å². The van der Waals surface area contributed by atoms with E-state index in [0.29, 0.717) is 6.04 Å². The highest BCUT2D eigenvalue weighted by Gasteiger charge is 2.23. The van der Waals surface area contributed by atoms with Crippen LogP contribution >= 0.6 is 11.3 Å². The van der Waals surface area contributed by atoms with Gasteiger partial charge in [0.15, 0.2) is 0 Å². The maximum Gasteiger partial charge on any atom is 0.265 e. The minimum absolute atomic E-state index is 0.0358. The largest absolute Gasteiger partial charge is 0.369 e. The molecule has 1 aliphatic carbocycles. The summed E-state index contributed by atoms with van der Waals surface area (Å²) in [7, 11) is 2.16. The molecule has 2 fully saturated rings. The summed E-state index contributed by atoms with van der Waals surface area (Å²) in [6.07, 6.45) is 6.25. The lowest BCUT2D eigenvalue weighted by Crippen LogP contribution is -2.44. The number of aromatic nitrogens is 2. The van der Waals surface area contributed by atoms with E-state index in [1.807, 2.05) is 18.2 Å². The number of anilines is 2. The standard InChI is InChI=1S/C24H31N5OS/c1-17-21-16-22(31-24(21)29(26-17)19-8-4-3-5-9-19)23(30)25-18-7-6-10-20(15-18)28-13-11-27(2)12-14-28/h6-7,10,15-16,19H,3-5,8-9,11-14H2,1-2H3,(H,25,30). The second-order valence-corrected chi connectivity index (χ2v) is 9.98. The number of hydrogen-bond acceptors (Lipinski definition) is 5. The molecule has 1 aromatic carbocycles. The first kappa shape index (κ1) is 20.5. The van der Waals surface area contributed by atoms with Crippen LogP contribution < -0.4 is 10.2 Å². The molecule has 31 heavy (non-hydrogen) atoms. The highest BCUT2D eigenvalue weighted by Crippen LogP contribution is 2.35. The van der Waals surface area contributed by atoms with Gasteiger partial charge in [0.2, 0.25) is 0 Å². The van der Waals surface area contributed by atoms with Gasteiger partial charge in [-0.3, -0.25) is 9.48 Å². The van der Waals surface area contributed by atoms with Gasteiger partial charge in [0.05, 0.1) is 16.6 Å². The number of benzene rings is 1. The molecular formula is C24H31N5OS. The van der Waals surface area contributed by atoms with E-state index in [0.717, 1.165) is 52.7 Å². The fraction of sp³-hybridized carbons (Fsp3) is 0.500. The molecule has 2 aliphatic rings. The number of piperazine rings is 1. The van der Waals surface area contributed by atoms with Gasteiger partial charge in [0, 0.05) is 42.9 Å². The molecule has 1 saturated heterocycles. The summed E-state index contributed by atoms with van der Waals surface area (Å²) in [5, 5.41) is 9.05. The Kier molecular flexibility index (Phi) is 5.71. The molecule has 6 nitrogen and oxygen atoms in total. The average Bonchev–Trinajstić information content (AvgIpc) is 3.36. The Labute approximate surface area is 187 Å². The molecule has 0 radical (unpaired) electrons. The second-order valence-electron chi connectivity index (χ2n) is 8.95. The average molecular weight is 438 g/mol. The third-order valence-corrected chi connectivity index (χ3v) is 7.81. The van der Waals surface area contributed by atoms with E-state index in [4.69, 9.17) is 5.10 Å². The molecule has 1 N–H and O–H groups in total. The van der Waals surface area contributed by atoms with Crippen molar-refractivity contribution in [3.8, 4) is 0 Å². The minimum atomic E-state index is -0.0358. The number of nitrogens with zero attached hydrogens (tertiary/aromatic N) is 4. The molecule has 0 spiro atoms. The quantitative estimate of drug-likeness (QED) is 0.630. The van der Waals surface area contributed by atoms with Gasteiger partial charge in [0.1, 0.15) is 4.83 Å². The zero-order valence-electron chi connectivity index (χ0n) is 18.4. The number of fused-ring (bicyclic) bond motifs is 1. The van der Waals surface area contributed by atoms with Gasteiger partial charge < -0.3 is 15.1 Å². The van der Waals surface area contributed by atoms with Crippen molar-refractivity contribution in [2.45, 2.75) is 45.1 Å². The molecular weight excluding hydrogens is 406 g/mol. The van der Waals surface area contributed by atoms with Crippen molar-refractivity contribution in [2.24, 2.45) is 0 Å². The van der Waals surface area contributed by atoms with Crippen molar-refractivity contribution in [2.75, 3.05) is 43.4 Å². The summed E-state index contributed by atoms with van der Waals surface area (Å²) >= 11 is 1.57. The Morgan fingerprint density at radius 1 is 1.10 bits per heavy atom. The van der Waals surface area contributed by atoms with E-state index < -0.39 is 0 Å². The van der Waals surface area contributed by atoms with E-state index in [9.17, 15) is 4.79 Å². The van der Waals surface area contributed by atoms with Gasteiger partial charge in [0.25, 0.3) is 5.91 Å². The number of carbonyl (C=O) groups is 1. The molecule has 1 saturated carbocycles. The molecule has 3 heterocycles. The van der Waals surface area contributed by atoms with Crippen molar-refractivity contribution < 1.29 is 4.79 Å². The van der Waals surface area contributed by atoms with Crippen LogP contribution in [-0.2, 0) is 0 Å². The number of thiophene rings is 1. The fourth-order valence-corrected chi connectivity index (χ4v) is 5.92. The minimum Gasteiger partial charge on any atom is -0.369 e. The zero-order valence-corrected chi connectivity index (χ0v) is 19.2. The summed E-state index contributed by atoms with van der Waals surface area (Å²) in [4.78, 5) is 19.7. The number of carbonyl (C=O) groups excluding carboxylic acids is 1. The fourth-order valence-electron chi connectivity index (χ4n) is 4.79. The third-order valence-electron chi connectivity index (χ3n) is 6.68. The second kappa shape index (κ2) is 8.63. The Morgan fingerprint density at radius 2 is 1.87 bits per heavy atom. The Hall–Kier alpha value is -2.38. The summed E-state index contributed by atoms with van der Waals surface area (Å²) in [6.45, 7) is 6.21. The van der Waals surface area contributed by atoms with Gasteiger partial charge in [-0.25, -0.2) is 0 Å². The first-order chi connectivity index (χ1) is 15.1. The normalized spacial score (nSPS) is 18.6. The topological polar surface area (TPSA) is 53.4 Å². The molecule has 164 valence electrons. The molecule has 2 aromatic heterocycles. The Morgan fingerprint density at radius 3 is 2.65 bits per heavy atom. The van der Waals surface area contributed by atoms with Gasteiger partial charge in [-0.05, 0) is 51.1 Å². The number of amides is 1. The third kappa shape index (κ3) is 4.21. The van der Waals surface area contributed by atoms with Crippen LogP contribution in [0.3, 0.4) is 0 Å². The summed E-state index contributed by atoms with van der Waals surface area (Å²) in [5.41, 5.74) is 3.04. The Bertz CT molecular complexity index is 1070. The number of nitrogens with one attached hydrogen (secondary N) is 1. The molecule has 5 rings (SSSR count). The maximum absolute atomic E-state index is 13.1. The number of aryl methyl sites for hydroxylation is 1. The number of rotatable bonds is 4. The van der Waals surface area contributed by atoms with Crippen molar-refractivity contribution >= 4 is 38.8 Å². The van der Waals surface area contributed by atoms with Crippen LogP contribution in [0, 0.1) is 6.92 Å². The lowest BCUT2D eigenvalue weighted by Gasteiger charge is -2.34. The molecule has 3 aromatic rings. The van der Waals surface area contributed by atoms with Crippen molar-refractivity contribution in [1.82, 2.24) is 14.7 Å². The monoisotopic (exact) mass is 437 g/mol. The summed E-state index contributed by atoms with van der Waals surface area (Å²) < 4.78 is 2.19. The zero-order chi connectivity index (χ0) is 21.4. The first-order valence-corrected chi connectivity index (χ1v) is 12.2. The Balaban J connectivity index is 1.34. The predicted octanol–water partition coefficient (Wildman–Crippen LogP) is 4.92. The van der Waals surface area contributed by atoms with Crippen molar-refractivity contribution in [1.29, 1.82) is 0 Å². The molecule has 0 unspecified atom stereocenters. The van der Waals surface area contributed by atoms with Crippen molar-refractivity contribution in [3.05, 3.63) is 40.9 Å². The van der Waals surface area contributed by atoms with Crippen LogP contribution in [0.15, 0.2) is 30.3 Å². The predicted molar refractivity (Wildman–Crippen MR) is 129 cm³/mol. The molecule has 0 atom stereocenters. The molecule has 0 bridgehead atoms. The summed E-state index contributed by atoms with van der Waals surface area (Å²) in [6, 6.07) is 10.7. The van der Waals surface area contributed by atoms with E-state index in [2.05, 4.69) is 45.9 Å². The SMILES string of the molecule is Cc1nn(C2CCCCC2)c2sc(C(=O)Nc3cccc(N4CCN(C)CC4)c3)cc12. The van der Waals surface area contributed by atoms with Crippen LogP contribution in [0.1, 0.15) is 53.5 Å². The van der Waals surface area contributed by atoms with E-state index in [-0.39, 0.29) is 5.91 Å². The lowest BCUT2D eigenvalue weighted by molar-refractivity contribution is 0.103. The molecule has 1 aliphatic heterocycles.